The van der Waals surface area contributed by atoms with E-state index >= 15 is 0 Å². The van der Waals surface area contributed by atoms with Gasteiger partial charge in [0.15, 0.2) is 5.78 Å². The molecule has 19 heavy (non-hydrogen) atoms. The Morgan fingerprint density at radius 1 is 1.37 bits per heavy atom. The molecule has 0 unspecified atom stereocenters. The maximum Gasteiger partial charge on any atom is 0.238 e. The van der Waals surface area contributed by atoms with E-state index < -0.39 is 17.1 Å². The zero-order valence-electron chi connectivity index (χ0n) is 10.9. The number of hydrogen-bond acceptors (Lipinski definition) is 3. The first-order valence-electron chi connectivity index (χ1n) is 6.21. The van der Waals surface area contributed by atoms with Gasteiger partial charge in [-0.05, 0) is 25.0 Å². The summed E-state index contributed by atoms with van der Waals surface area (Å²) in [6.45, 7) is 3.51. The Hall–Kier alpha value is -1.91. The lowest BCUT2D eigenvalue weighted by Crippen LogP contribution is -2.34. The molecule has 0 saturated heterocycles. The summed E-state index contributed by atoms with van der Waals surface area (Å²) in [6.07, 6.45) is 1.05. The number of ketones is 1. The number of rotatable bonds is 4. The monoisotopic (exact) mass is 265 g/mol. The van der Waals surface area contributed by atoms with Crippen LogP contribution < -0.4 is 5.32 Å². The molecule has 4 nitrogen and oxygen atoms in total. The van der Waals surface area contributed by atoms with Crippen LogP contribution in [0.4, 0.5) is 10.1 Å². The second-order valence-electron chi connectivity index (χ2n) is 5.22. The molecule has 102 valence electrons. The number of aromatic hydroxyl groups is 1. The standard InChI is InChI=1S/C14H16FNO3/c1-8(2)12(18)14(5-6-14)13(19)16-10-4-3-9(15)7-11(10)17/h3-4,7-8,17H,5-6H2,1-2H3,(H,16,19). The molecular weight excluding hydrogens is 249 g/mol. The van der Waals surface area contributed by atoms with Crippen molar-refractivity contribution in [2.24, 2.45) is 11.3 Å². The maximum atomic E-state index is 12.8. The van der Waals surface area contributed by atoms with Crippen molar-refractivity contribution >= 4 is 17.4 Å². The molecule has 1 aliphatic rings. The summed E-state index contributed by atoms with van der Waals surface area (Å²) in [5.74, 6) is -1.66. The Morgan fingerprint density at radius 2 is 2.00 bits per heavy atom. The number of Topliss-reactive ketones (excluding diaryl/α,β-unsaturated/α-hetero) is 1. The first kappa shape index (κ1) is 13.5. The van der Waals surface area contributed by atoms with Gasteiger partial charge in [0.05, 0.1) is 5.69 Å². The van der Waals surface area contributed by atoms with E-state index in [0.29, 0.717) is 12.8 Å². The fourth-order valence-corrected chi connectivity index (χ4v) is 2.12. The zero-order valence-corrected chi connectivity index (χ0v) is 10.9. The highest BCUT2D eigenvalue weighted by Crippen LogP contribution is 2.49. The second kappa shape index (κ2) is 4.64. The Morgan fingerprint density at radius 3 is 2.47 bits per heavy atom. The number of amides is 1. The van der Waals surface area contributed by atoms with Crippen LogP contribution >= 0.6 is 0 Å². The van der Waals surface area contributed by atoms with Crippen molar-refractivity contribution in [1.29, 1.82) is 0 Å². The van der Waals surface area contributed by atoms with Crippen molar-refractivity contribution in [3.8, 4) is 5.75 Å². The van der Waals surface area contributed by atoms with Crippen LogP contribution in [-0.4, -0.2) is 16.8 Å². The molecule has 1 amide bonds. The van der Waals surface area contributed by atoms with Gasteiger partial charge in [0.2, 0.25) is 5.91 Å². The van der Waals surface area contributed by atoms with Gasteiger partial charge in [0.25, 0.3) is 0 Å². The van der Waals surface area contributed by atoms with E-state index in [1.807, 2.05) is 0 Å². The number of carbonyl (C=O) groups is 2. The Balaban J connectivity index is 2.16. The van der Waals surface area contributed by atoms with Crippen LogP contribution in [0.1, 0.15) is 26.7 Å². The third-order valence-electron chi connectivity index (χ3n) is 3.39. The predicted octanol–water partition coefficient (Wildman–Crippen LogP) is 2.48. The average molecular weight is 265 g/mol. The minimum Gasteiger partial charge on any atom is -0.506 e. The van der Waals surface area contributed by atoms with Gasteiger partial charge in [-0.25, -0.2) is 4.39 Å². The molecule has 5 heteroatoms. The quantitative estimate of drug-likeness (QED) is 0.649. The van der Waals surface area contributed by atoms with Gasteiger partial charge in [-0.3, -0.25) is 9.59 Å². The van der Waals surface area contributed by atoms with Crippen molar-refractivity contribution in [2.75, 3.05) is 5.32 Å². The van der Waals surface area contributed by atoms with Gasteiger partial charge in [-0.2, -0.15) is 0 Å². The number of benzene rings is 1. The lowest BCUT2D eigenvalue weighted by atomic mass is 9.91. The number of nitrogens with one attached hydrogen (secondary N) is 1. The molecule has 1 aromatic carbocycles. The lowest BCUT2D eigenvalue weighted by Gasteiger charge is -2.16. The fraction of sp³-hybridized carbons (Fsp3) is 0.429. The normalized spacial score (nSPS) is 16.2. The number of phenols is 1. The molecule has 2 rings (SSSR count). The molecule has 1 fully saturated rings. The SMILES string of the molecule is CC(C)C(=O)C1(C(=O)Nc2ccc(F)cc2O)CC1. The maximum absolute atomic E-state index is 12.8. The first-order chi connectivity index (χ1) is 8.86. The summed E-state index contributed by atoms with van der Waals surface area (Å²) in [5.41, 5.74) is -0.844. The van der Waals surface area contributed by atoms with E-state index in [-0.39, 0.29) is 23.1 Å². The van der Waals surface area contributed by atoms with E-state index in [4.69, 9.17) is 0 Å². The average Bonchev–Trinajstić information content (AvgIpc) is 3.13. The van der Waals surface area contributed by atoms with Crippen molar-refractivity contribution in [3.63, 3.8) is 0 Å². The van der Waals surface area contributed by atoms with Crippen LogP contribution in [0.5, 0.6) is 5.75 Å². The molecule has 0 bridgehead atoms. The molecule has 2 N–H and O–H groups in total. The lowest BCUT2D eigenvalue weighted by molar-refractivity contribution is -0.135. The van der Waals surface area contributed by atoms with E-state index in [1.165, 1.54) is 6.07 Å². The molecule has 0 radical (unpaired) electrons. The zero-order chi connectivity index (χ0) is 14.2. The Bertz CT molecular complexity index is 535. The van der Waals surface area contributed by atoms with Crippen LogP contribution in [0.25, 0.3) is 0 Å². The number of carbonyl (C=O) groups excluding carboxylic acids is 2. The van der Waals surface area contributed by atoms with Gasteiger partial charge >= 0.3 is 0 Å². The van der Waals surface area contributed by atoms with Gasteiger partial charge in [-0.15, -0.1) is 0 Å². The van der Waals surface area contributed by atoms with Crippen molar-refractivity contribution in [2.45, 2.75) is 26.7 Å². The number of hydrogen-bond donors (Lipinski definition) is 2. The third kappa shape index (κ3) is 2.45. The smallest absolute Gasteiger partial charge is 0.238 e. The largest absolute Gasteiger partial charge is 0.506 e. The van der Waals surface area contributed by atoms with Gasteiger partial charge in [0.1, 0.15) is 17.0 Å². The molecule has 0 aliphatic heterocycles. The Kier molecular flexibility index (Phi) is 3.30. The third-order valence-corrected chi connectivity index (χ3v) is 3.39. The molecular formula is C14H16FNO3. The first-order valence-corrected chi connectivity index (χ1v) is 6.21. The number of halogens is 1. The minimum atomic E-state index is -0.963. The summed E-state index contributed by atoms with van der Waals surface area (Å²) in [7, 11) is 0. The van der Waals surface area contributed by atoms with Crippen molar-refractivity contribution in [3.05, 3.63) is 24.0 Å². The highest BCUT2D eigenvalue weighted by atomic mass is 19.1. The van der Waals surface area contributed by atoms with Crippen LogP contribution in [0.3, 0.4) is 0 Å². The Labute approximate surface area is 110 Å². The van der Waals surface area contributed by atoms with Crippen molar-refractivity contribution < 1.29 is 19.1 Å². The minimum absolute atomic E-state index is 0.0911. The molecule has 0 aromatic heterocycles. The highest BCUT2D eigenvalue weighted by Gasteiger charge is 2.56. The molecule has 0 atom stereocenters. The molecule has 0 heterocycles. The summed E-state index contributed by atoms with van der Waals surface area (Å²) in [6, 6.07) is 3.33. The van der Waals surface area contributed by atoms with Crippen LogP contribution in [0.15, 0.2) is 18.2 Å². The molecule has 1 aromatic rings. The van der Waals surface area contributed by atoms with E-state index in [0.717, 1.165) is 12.1 Å². The topological polar surface area (TPSA) is 66.4 Å². The van der Waals surface area contributed by atoms with Gasteiger partial charge in [-0.1, -0.05) is 13.8 Å². The van der Waals surface area contributed by atoms with Gasteiger partial charge in [0, 0.05) is 12.0 Å². The second-order valence-corrected chi connectivity index (χ2v) is 5.22. The van der Waals surface area contributed by atoms with E-state index in [1.54, 1.807) is 13.8 Å². The summed E-state index contributed by atoms with van der Waals surface area (Å²) < 4.78 is 12.8. The van der Waals surface area contributed by atoms with Gasteiger partial charge < -0.3 is 10.4 Å². The molecule has 0 spiro atoms. The number of phenolic OH excluding ortho intramolecular Hbond substituents is 1. The molecule has 1 saturated carbocycles. The summed E-state index contributed by atoms with van der Waals surface area (Å²) in [5, 5.41) is 12.0. The fourth-order valence-electron chi connectivity index (χ4n) is 2.12. The van der Waals surface area contributed by atoms with Crippen LogP contribution in [-0.2, 0) is 9.59 Å². The van der Waals surface area contributed by atoms with Crippen molar-refractivity contribution in [1.82, 2.24) is 0 Å². The van der Waals surface area contributed by atoms with Crippen LogP contribution in [0, 0.1) is 17.2 Å². The van der Waals surface area contributed by atoms with E-state index in [9.17, 15) is 19.1 Å². The van der Waals surface area contributed by atoms with E-state index in [2.05, 4.69) is 5.32 Å². The predicted molar refractivity (Wildman–Crippen MR) is 68.2 cm³/mol. The summed E-state index contributed by atoms with van der Waals surface area (Å²) in [4.78, 5) is 24.2. The molecule has 1 aliphatic carbocycles. The summed E-state index contributed by atoms with van der Waals surface area (Å²) >= 11 is 0. The van der Waals surface area contributed by atoms with Crippen LogP contribution in [0.2, 0.25) is 0 Å². The highest BCUT2D eigenvalue weighted by molar-refractivity contribution is 6.14. The number of anilines is 1.